The third-order valence-corrected chi connectivity index (χ3v) is 25.1. The Bertz CT molecular complexity index is 3260. The van der Waals surface area contributed by atoms with Gasteiger partial charge in [-0.25, -0.2) is 4.79 Å². The molecule has 0 saturated heterocycles. The maximum absolute atomic E-state index is 13.6. The summed E-state index contributed by atoms with van der Waals surface area (Å²) in [5.74, 6) is -4.45. The molecule has 0 radical (unpaired) electrons. The number of nitrogens with one attached hydrogen (secondary N) is 8. The normalized spacial score (nSPS) is 14.2. The van der Waals surface area contributed by atoms with E-state index in [2.05, 4.69) is 62.7 Å². The van der Waals surface area contributed by atoms with Crippen molar-refractivity contribution in [2.24, 2.45) is 22.8 Å². The second-order valence-electron chi connectivity index (χ2n) is 35.9. The van der Waals surface area contributed by atoms with Gasteiger partial charge in [-0.3, -0.25) is 67.6 Å². The molecule has 762 valence electrons. The average molecular weight is 1900 g/mol. The third-order valence-electron chi connectivity index (χ3n) is 24.0. The van der Waals surface area contributed by atoms with E-state index in [-0.39, 0.29) is 217 Å². The van der Waals surface area contributed by atoms with Gasteiger partial charge in [0.05, 0.1) is 71.0 Å². The van der Waals surface area contributed by atoms with Crippen LogP contribution in [-0.4, -0.2) is 236 Å². The lowest BCUT2D eigenvalue weighted by atomic mass is 9.85. The molecule has 9 amide bonds. The highest BCUT2D eigenvalue weighted by Crippen LogP contribution is 2.52. The molecule has 132 heavy (non-hydrogen) atoms. The zero-order valence-corrected chi connectivity index (χ0v) is 82.3. The highest BCUT2D eigenvalue weighted by molar-refractivity contribution is 7.58. The van der Waals surface area contributed by atoms with Crippen LogP contribution in [0.5, 0.6) is 0 Å². The quantitative estimate of drug-likeness (QED) is 0.0117. The number of primary amides is 2. The molecular weight excluding hydrogens is 1720 g/mol. The zero-order valence-electron chi connectivity index (χ0n) is 81.4. The second-order valence-corrected chi connectivity index (χ2v) is 37.7. The number of esters is 2. The molecule has 2 aliphatic carbocycles. The maximum Gasteiger partial charge on any atom is 0.407 e. The number of ether oxygens (including phenoxy) is 7. The molecule has 0 heterocycles. The lowest BCUT2D eigenvalue weighted by molar-refractivity contribution is -0.161. The molecule has 0 aromatic carbocycles. The minimum Gasteiger partial charge on any atom is -0.462 e. The summed E-state index contributed by atoms with van der Waals surface area (Å²) >= 11 is 0. The Kier molecular flexibility index (Phi) is 72.5. The van der Waals surface area contributed by atoms with E-state index in [4.69, 9.17) is 53.7 Å². The van der Waals surface area contributed by atoms with E-state index in [1.165, 1.54) is 155 Å². The Morgan fingerprint density at radius 1 is 0.371 bits per heavy atom. The molecule has 0 spiro atoms. The lowest BCUT2D eigenvalue weighted by Gasteiger charge is -2.23. The molecule has 5 atom stereocenters. The second kappa shape index (κ2) is 79.1. The van der Waals surface area contributed by atoms with E-state index in [1.807, 2.05) is 0 Å². The van der Waals surface area contributed by atoms with Crippen molar-refractivity contribution in [3.63, 3.8) is 0 Å². The van der Waals surface area contributed by atoms with Crippen LogP contribution < -0.4 is 54.0 Å². The van der Waals surface area contributed by atoms with Crippen molar-refractivity contribution in [3.8, 4) is 0 Å². The van der Waals surface area contributed by atoms with Gasteiger partial charge in [0.15, 0.2) is 6.10 Å². The number of hydrogen-bond acceptors (Lipinski definition) is 25. The van der Waals surface area contributed by atoms with Crippen molar-refractivity contribution >= 4 is 96.5 Å². The Morgan fingerprint density at radius 2 is 0.788 bits per heavy atom. The molecule has 0 aromatic heterocycles. The van der Waals surface area contributed by atoms with Crippen LogP contribution in [0.1, 0.15) is 374 Å². The van der Waals surface area contributed by atoms with Gasteiger partial charge in [0.2, 0.25) is 54.8 Å². The van der Waals surface area contributed by atoms with Gasteiger partial charge in [0, 0.05) is 89.0 Å². The summed E-state index contributed by atoms with van der Waals surface area (Å²) < 4.78 is 49.2. The van der Waals surface area contributed by atoms with Gasteiger partial charge >= 0.3 is 18.0 Å². The number of hydrogen-bond donors (Lipinski definition) is 11. The average Bonchev–Trinajstić information content (AvgIpc) is 1.64. The summed E-state index contributed by atoms with van der Waals surface area (Å²) in [4.78, 5) is 187. The summed E-state index contributed by atoms with van der Waals surface area (Å²) in [5.41, 5.74) is 10.1. The summed E-state index contributed by atoms with van der Waals surface area (Å²) in [6.07, 6.45) is 47.6. The number of Topliss-reactive ketones (excluding diaryl/α,β-unsaturated/α-hetero) is 3. The molecule has 34 nitrogen and oxygen atoms in total. The summed E-state index contributed by atoms with van der Waals surface area (Å²) in [6, 6.07) is -1.52. The van der Waals surface area contributed by atoms with E-state index in [0.717, 1.165) is 51.4 Å². The first kappa shape index (κ1) is 121. The minimum atomic E-state index is -3.76. The fourth-order valence-corrected chi connectivity index (χ4v) is 16.2. The number of unbranched alkanes of at least 4 members (excludes halogenated alkanes) is 32. The predicted octanol–water partition coefficient (Wildman–Crippen LogP) is 12.7. The molecular formula is C97H175N10O24P. The Labute approximate surface area is 789 Å². The summed E-state index contributed by atoms with van der Waals surface area (Å²) in [7, 11) is -3.76. The van der Waals surface area contributed by atoms with Crippen molar-refractivity contribution in [2.75, 3.05) is 119 Å². The van der Waals surface area contributed by atoms with Crippen LogP contribution in [0.3, 0.4) is 0 Å². The SMILES string of the molecule is C=P(O)(OCCNC(=O)OCCNC(=O)CCCC(=O)CCCCCC(NC(=O)CCCC(=O)NCCOCCOCC(=O)NCCOCCOCC(=O)NCCCCC(NC1(C(C)=O)CC1)C(N)=O)C(=O)NCCCCC(CC1(C(C)=O)CC1)C(N)=O)OCC(COC(=O)CCCCCCCCCCCCCCCCC)OC(=O)CCCCCCCCCCCCCCCCC. The van der Waals surface area contributed by atoms with Crippen molar-refractivity contribution in [1.82, 2.24) is 42.5 Å². The molecule has 0 aliphatic heterocycles. The molecule has 2 aliphatic rings. The fourth-order valence-electron chi connectivity index (χ4n) is 15.4. The predicted molar refractivity (Wildman–Crippen MR) is 510 cm³/mol. The van der Waals surface area contributed by atoms with Gasteiger partial charge in [-0.15, -0.1) is 0 Å². The van der Waals surface area contributed by atoms with Crippen LogP contribution in [0.25, 0.3) is 0 Å². The Balaban J connectivity index is 1.68. The number of carbonyl (C=O) groups excluding carboxylic acids is 14. The van der Waals surface area contributed by atoms with Gasteiger partial charge < -0.3 is 95.8 Å². The van der Waals surface area contributed by atoms with Gasteiger partial charge in [0.1, 0.15) is 49.8 Å². The highest BCUT2D eigenvalue weighted by Gasteiger charge is 2.50. The number of ketones is 3. The first-order valence-corrected chi connectivity index (χ1v) is 52.3. The molecule has 2 fully saturated rings. The van der Waals surface area contributed by atoms with Gasteiger partial charge in [-0.05, 0) is 123 Å². The molecule has 5 unspecified atom stereocenters. The van der Waals surface area contributed by atoms with Crippen molar-refractivity contribution in [3.05, 3.63) is 0 Å². The van der Waals surface area contributed by atoms with Crippen LogP contribution in [-0.2, 0) is 105 Å². The Morgan fingerprint density at radius 3 is 1.28 bits per heavy atom. The fraction of sp³-hybridized carbons (Fsp3) is 0.845. The number of nitrogens with two attached hydrogens (primary N) is 2. The van der Waals surface area contributed by atoms with E-state index >= 15 is 0 Å². The molecule has 35 heteroatoms. The minimum absolute atomic E-state index is 0.00415. The van der Waals surface area contributed by atoms with Gasteiger partial charge in [-0.2, -0.15) is 0 Å². The number of rotatable bonds is 95. The van der Waals surface area contributed by atoms with E-state index in [1.54, 1.807) is 0 Å². The van der Waals surface area contributed by atoms with Crippen molar-refractivity contribution < 1.29 is 114 Å². The number of amides is 9. The molecule has 0 bridgehead atoms. The van der Waals surface area contributed by atoms with Crippen molar-refractivity contribution in [1.29, 1.82) is 0 Å². The standard InChI is InChI=1S/C97H175N10O24P/c1-6-8-10-12-14-16-18-20-22-24-26-28-30-32-37-53-90(116)128-74-82(131-91(117)54-38-33-31-29-27-25-23-21-19-17-15-13-11-9-7-2)75-130-132(5,122)129-68-64-105-95(121)127-67-63-102-85(111)50-43-47-81(110)46-35-34-36-49-84(94(120)104-60-41-39-45-80(92(98)118)73-96(55-56-96)78(3)108)106-87(113)52-44-51-86(112)101-61-65-123-69-72-126-77-89(115)103-62-66-124-70-71-125-76-88(114)100-59-42-40-48-83(93(99)119)107-97(57-58-97)79(4)109/h80,82-84,107,122H,5-77H2,1-4H3,(H2,98,118)(H2,99,119)(H,100,114)(H,101,112)(H,102,111)(H,103,115)(H,104,120)(H,105,121)(H,106,113). The van der Waals surface area contributed by atoms with E-state index in [0.29, 0.717) is 96.4 Å². The first-order chi connectivity index (χ1) is 63.6. The van der Waals surface area contributed by atoms with E-state index in [9.17, 15) is 72.0 Å². The maximum atomic E-state index is 13.6. The van der Waals surface area contributed by atoms with Crippen LogP contribution in [0.4, 0.5) is 4.79 Å². The number of alkyl carbamates (subject to hydrolysis) is 1. The highest BCUT2D eigenvalue weighted by atomic mass is 31.2. The van der Waals surface area contributed by atoms with Crippen LogP contribution in [0, 0.1) is 11.3 Å². The molecule has 0 aromatic rings. The summed E-state index contributed by atoms with van der Waals surface area (Å²) in [6.45, 7) is 8.15. The van der Waals surface area contributed by atoms with Crippen LogP contribution >= 0.6 is 7.57 Å². The monoisotopic (exact) mass is 1900 g/mol. The third kappa shape index (κ3) is 68.9. The topological polar surface area (TPSA) is 491 Å². The van der Waals surface area contributed by atoms with Gasteiger partial charge in [0.25, 0.3) is 0 Å². The zero-order chi connectivity index (χ0) is 96.8. The Hall–Kier alpha value is -7.04. The van der Waals surface area contributed by atoms with Gasteiger partial charge in [-0.1, -0.05) is 213 Å². The molecule has 13 N–H and O–H groups in total. The smallest absolute Gasteiger partial charge is 0.407 e. The summed E-state index contributed by atoms with van der Waals surface area (Å²) in [5, 5.41) is 22.1. The van der Waals surface area contributed by atoms with Crippen LogP contribution in [0.2, 0.25) is 0 Å². The largest absolute Gasteiger partial charge is 0.462 e. The number of carbonyl (C=O) groups is 14. The molecule has 2 rings (SSSR count). The first-order valence-electron chi connectivity index (χ1n) is 50.5. The van der Waals surface area contributed by atoms with E-state index < -0.39 is 84.3 Å². The lowest BCUT2D eigenvalue weighted by Crippen LogP contribution is -2.50. The van der Waals surface area contributed by atoms with Crippen molar-refractivity contribution in [2.45, 2.75) is 398 Å². The van der Waals surface area contributed by atoms with Crippen LogP contribution in [0.15, 0.2) is 0 Å². The molecule has 2 saturated carbocycles.